The predicted octanol–water partition coefficient (Wildman–Crippen LogP) is 5.26. The largest absolute Gasteiger partial charge is 0.0990 e. The van der Waals surface area contributed by atoms with Gasteiger partial charge in [-0.05, 0) is 47.3 Å². The minimum absolute atomic E-state index is 1.19. The van der Waals surface area contributed by atoms with Gasteiger partial charge in [-0.2, -0.15) is 0 Å². The molecule has 0 N–H and O–H groups in total. The molecule has 0 bridgehead atoms. The van der Waals surface area contributed by atoms with E-state index >= 15 is 0 Å². The highest BCUT2D eigenvalue weighted by atomic mass is 14.3. The molecule has 18 heavy (non-hydrogen) atoms. The molecule has 2 rings (SSSR count). The maximum Gasteiger partial charge on any atom is -0.00300 e. The SMILES string of the molecule is C=C/C=C1C(=C/C)/c2c(C=C)cccc2C/1=C/C. The van der Waals surface area contributed by atoms with Crippen molar-refractivity contribution in [2.75, 3.05) is 0 Å². The van der Waals surface area contributed by atoms with E-state index in [1.165, 1.54) is 33.4 Å². The molecule has 90 valence electrons. The molecule has 0 unspecified atom stereocenters. The molecule has 1 aromatic rings. The van der Waals surface area contributed by atoms with E-state index in [0.717, 1.165) is 0 Å². The Bertz CT molecular complexity index is 592. The third-order valence-electron chi connectivity index (χ3n) is 3.32. The lowest BCUT2D eigenvalue weighted by Crippen LogP contribution is -1.85. The molecule has 1 aromatic carbocycles. The molecule has 0 aromatic heterocycles. The van der Waals surface area contributed by atoms with Gasteiger partial charge in [0.1, 0.15) is 0 Å². The summed E-state index contributed by atoms with van der Waals surface area (Å²) >= 11 is 0. The molecule has 0 saturated heterocycles. The lowest BCUT2D eigenvalue weighted by molar-refractivity contribution is 1.56. The predicted molar refractivity (Wildman–Crippen MR) is 82.1 cm³/mol. The average molecular weight is 234 g/mol. The Labute approximate surface area is 109 Å². The van der Waals surface area contributed by atoms with Crippen molar-refractivity contribution in [1.82, 2.24) is 0 Å². The van der Waals surface area contributed by atoms with Crippen LogP contribution in [0.15, 0.2) is 61.2 Å². The van der Waals surface area contributed by atoms with Crippen LogP contribution in [0.2, 0.25) is 0 Å². The fraction of sp³-hybridized carbons (Fsp3) is 0.111. The van der Waals surface area contributed by atoms with Gasteiger partial charge < -0.3 is 0 Å². The first kappa shape index (κ1) is 12.4. The number of fused-ring (bicyclic) bond motifs is 1. The summed E-state index contributed by atoms with van der Waals surface area (Å²) in [6.07, 6.45) is 10.2. The fourth-order valence-corrected chi connectivity index (χ4v) is 2.60. The van der Waals surface area contributed by atoms with Crippen LogP contribution in [0.3, 0.4) is 0 Å². The van der Waals surface area contributed by atoms with Crippen molar-refractivity contribution in [1.29, 1.82) is 0 Å². The van der Waals surface area contributed by atoms with E-state index in [4.69, 9.17) is 0 Å². The molecule has 0 radical (unpaired) electrons. The summed E-state index contributed by atoms with van der Waals surface area (Å²) in [4.78, 5) is 0. The third-order valence-corrected chi connectivity index (χ3v) is 3.32. The third kappa shape index (κ3) is 1.70. The van der Waals surface area contributed by atoms with Gasteiger partial charge in [0, 0.05) is 0 Å². The lowest BCUT2D eigenvalue weighted by atomic mass is 9.99. The van der Waals surface area contributed by atoms with Crippen molar-refractivity contribution in [3.05, 3.63) is 77.9 Å². The van der Waals surface area contributed by atoms with Gasteiger partial charge in [0.15, 0.2) is 0 Å². The van der Waals surface area contributed by atoms with Gasteiger partial charge in [-0.1, -0.05) is 61.7 Å². The van der Waals surface area contributed by atoms with Crippen molar-refractivity contribution in [2.45, 2.75) is 13.8 Å². The topological polar surface area (TPSA) is 0 Å². The molecule has 1 aliphatic carbocycles. The summed E-state index contributed by atoms with van der Waals surface area (Å²) in [6, 6.07) is 6.37. The van der Waals surface area contributed by atoms with Crippen LogP contribution in [0.1, 0.15) is 30.5 Å². The molecule has 0 saturated carbocycles. The van der Waals surface area contributed by atoms with Crippen molar-refractivity contribution in [2.24, 2.45) is 0 Å². The van der Waals surface area contributed by atoms with E-state index in [0.29, 0.717) is 0 Å². The molecule has 0 amide bonds. The summed E-state index contributed by atoms with van der Waals surface area (Å²) in [5, 5.41) is 0. The molecule has 0 fully saturated rings. The highest BCUT2D eigenvalue weighted by Gasteiger charge is 2.26. The van der Waals surface area contributed by atoms with E-state index in [1.807, 2.05) is 12.2 Å². The zero-order valence-corrected chi connectivity index (χ0v) is 11.0. The number of allylic oxidation sites excluding steroid dienone is 7. The maximum absolute atomic E-state index is 3.91. The van der Waals surface area contributed by atoms with Gasteiger partial charge in [0.2, 0.25) is 0 Å². The minimum Gasteiger partial charge on any atom is -0.0990 e. The Hall–Kier alpha value is -2.08. The molecule has 1 aliphatic rings. The second-order valence-electron chi connectivity index (χ2n) is 4.19. The monoisotopic (exact) mass is 234 g/mol. The standard InChI is InChI=1S/C18H18/c1-5-10-16-14(7-3)17-12-9-11-13(6-2)18(17)15(16)8-4/h5-12H,1-2H2,3-4H3/b14-7+,15-8-,16-10+. The van der Waals surface area contributed by atoms with E-state index < -0.39 is 0 Å². The van der Waals surface area contributed by atoms with Crippen LogP contribution in [-0.4, -0.2) is 0 Å². The molecule has 0 heterocycles. The van der Waals surface area contributed by atoms with Crippen molar-refractivity contribution < 1.29 is 0 Å². The van der Waals surface area contributed by atoms with Gasteiger partial charge in [0.25, 0.3) is 0 Å². The zero-order valence-electron chi connectivity index (χ0n) is 11.0. The van der Waals surface area contributed by atoms with Gasteiger partial charge in [-0.25, -0.2) is 0 Å². The summed E-state index contributed by atoms with van der Waals surface area (Å²) < 4.78 is 0. The van der Waals surface area contributed by atoms with Gasteiger partial charge in [-0.3, -0.25) is 0 Å². The van der Waals surface area contributed by atoms with E-state index in [-0.39, 0.29) is 0 Å². The number of hydrogen-bond donors (Lipinski definition) is 0. The highest BCUT2D eigenvalue weighted by Crippen LogP contribution is 2.46. The molecular formula is C18H18. The normalized spacial score (nSPS) is 20.4. The Morgan fingerprint density at radius 1 is 0.944 bits per heavy atom. The lowest BCUT2D eigenvalue weighted by Gasteiger charge is -2.05. The van der Waals surface area contributed by atoms with Gasteiger partial charge in [0.05, 0.1) is 0 Å². The van der Waals surface area contributed by atoms with Crippen molar-refractivity contribution in [3.8, 4) is 0 Å². The van der Waals surface area contributed by atoms with Crippen LogP contribution in [0.25, 0.3) is 17.2 Å². The quantitative estimate of drug-likeness (QED) is 0.654. The molecule has 0 atom stereocenters. The fourth-order valence-electron chi connectivity index (χ4n) is 2.60. The van der Waals surface area contributed by atoms with E-state index in [1.54, 1.807) is 0 Å². The molecule has 0 heteroatoms. The van der Waals surface area contributed by atoms with Gasteiger partial charge in [-0.15, -0.1) is 0 Å². The van der Waals surface area contributed by atoms with Crippen LogP contribution in [0.4, 0.5) is 0 Å². The highest BCUT2D eigenvalue weighted by molar-refractivity contribution is 6.09. The van der Waals surface area contributed by atoms with E-state index in [9.17, 15) is 0 Å². The number of benzene rings is 1. The summed E-state index contributed by atoms with van der Waals surface area (Å²) in [5.41, 5.74) is 7.56. The second kappa shape index (κ2) is 5.05. The zero-order chi connectivity index (χ0) is 13.1. The first-order chi connectivity index (χ1) is 8.78. The van der Waals surface area contributed by atoms with Crippen molar-refractivity contribution in [3.63, 3.8) is 0 Å². The molecular weight excluding hydrogens is 216 g/mol. The minimum atomic E-state index is 1.19. The Balaban J connectivity index is 2.84. The number of hydrogen-bond acceptors (Lipinski definition) is 0. The summed E-state index contributed by atoms with van der Waals surface area (Å²) in [6.45, 7) is 11.9. The van der Waals surface area contributed by atoms with Gasteiger partial charge >= 0.3 is 0 Å². The Morgan fingerprint density at radius 2 is 1.67 bits per heavy atom. The first-order valence-corrected chi connectivity index (χ1v) is 6.20. The van der Waals surface area contributed by atoms with Crippen LogP contribution in [0, 0.1) is 0 Å². The Morgan fingerprint density at radius 3 is 2.22 bits per heavy atom. The molecule has 0 aliphatic heterocycles. The van der Waals surface area contributed by atoms with Crippen LogP contribution < -0.4 is 0 Å². The second-order valence-corrected chi connectivity index (χ2v) is 4.19. The van der Waals surface area contributed by atoms with E-state index in [2.05, 4.69) is 63.4 Å². The first-order valence-electron chi connectivity index (χ1n) is 6.20. The Kier molecular flexibility index (Phi) is 3.47. The van der Waals surface area contributed by atoms with Crippen LogP contribution in [-0.2, 0) is 0 Å². The maximum atomic E-state index is 3.91. The number of rotatable bonds is 2. The molecule has 0 spiro atoms. The summed E-state index contributed by atoms with van der Waals surface area (Å²) in [5.74, 6) is 0. The smallest absolute Gasteiger partial charge is 0.00300 e. The average Bonchev–Trinajstić information content (AvgIpc) is 2.71. The summed E-state index contributed by atoms with van der Waals surface area (Å²) in [7, 11) is 0. The van der Waals surface area contributed by atoms with Crippen LogP contribution >= 0.6 is 0 Å². The molecule has 0 nitrogen and oxygen atoms in total. The van der Waals surface area contributed by atoms with Crippen molar-refractivity contribution >= 4 is 17.2 Å². The van der Waals surface area contributed by atoms with Crippen LogP contribution in [0.5, 0.6) is 0 Å².